The predicted molar refractivity (Wildman–Crippen MR) is 121 cm³/mol. The minimum Gasteiger partial charge on any atom is -0.491 e. The maximum atomic E-state index is 11.4. The van der Waals surface area contributed by atoms with Gasteiger partial charge in [0.2, 0.25) is 0 Å². The van der Waals surface area contributed by atoms with Crippen LogP contribution >= 0.6 is 12.4 Å². The van der Waals surface area contributed by atoms with Crippen molar-refractivity contribution in [3.8, 4) is 5.75 Å². The maximum Gasteiger partial charge on any atom is 0.159 e. The van der Waals surface area contributed by atoms with Gasteiger partial charge in [-0.05, 0) is 56.2 Å². The molecular weight excluding hydrogens is 400 g/mol. The highest BCUT2D eigenvalue weighted by Gasteiger charge is 2.23. The van der Waals surface area contributed by atoms with E-state index in [4.69, 9.17) is 9.72 Å². The first-order valence-corrected chi connectivity index (χ1v) is 10.5. The van der Waals surface area contributed by atoms with E-state index in [-0.39, 0.29) is 24.8 Å². The minimum atomic E-state index is -0.651. The minimum absolute atomic E-state index is 0. The Bertz CT molecular complexity index is 978. The van der Waals surface area contributed by atoms with E-state index in [1.54, 1.807) is 31.2 Å². The summed E-state index contributed by atoms with van der Waals surface area (Å²) in [5.74, 6) is 2.23. The monoisotopic (exact) mass is 428 g/mol. The summed E-state index contributed by atoms with van der Waals surface area (Å²) >= 11 is 0. The van der Waals surface area contributed by atoms with Crippen LogP contribution in [0.2, 0.25) is 0 Å². The lowest BCUT2D eigenvalue weighted by Crippen LogP contribution is -2.25. The Morgan fingerprint density at radius 3 is 2.53 bits per heavy atom. The third-order valence-corrected chi connectivity index (χ3v) is 5.75. The summed E-state index contributed by atoms with van der Waals surface area (Å²) in [4.78, 5) is 16.3. The highest BCUT2D eigenvalue weighted by atomic mass is 35.5. The van der Waals surface area contributed by atoms with Crippen LogP contribution in [0.15, 0.2) is 48.5 Å². The van der Waals surface area contributed by atoms with E-state index in [0.717, 1.165) is 16.9 Å². The third kappa shape index (κ3) is 5.02. The van der Waals surface area contributed by atoms with E-state index in [9.17, 15) is 9.90 Å². The lowest BCUT2D eigenvalue weighted by Gasteiger charge is -2.23. The number of benzene rings is 2. The summed E-state index contributed by atoms with van der Waals surface area (Å²) in [6, 6.07) is 15.2. The molecule has 0 saturated heterocycles. The quantitative estimate of drug-likeness (QED) is 0.528. The maximum absolute atomic E-state index is 11.4. The topological polar surface area (TPSA) is 64.3 Å². The molecule has 1 aliphatic carbocycles. The molecule has 1 saturated carbocycles. The van der Waals surface area contributed by atoms with Gasteiger partial charge in [-0.1, -0.05) is 31.4 Å². The first-order valence-electron chi connectivity index (χ1n) is 10.5. The van der Waals surface area contributed by atoms with Gasteiger partial charge >= 0.3 is 0 Å². The number of aliphatic hydroxyl groups is 1. The van der Waals surface area contributed by atoms with Crippen molar-refractivity contribution in [1.29, 1.82) is 0 Å². The molecule has 0 bridgehead atoms. The van der Waals surface area contributed by atoms with Gasteiger partial charge in [0, 0.05) is 11.5 Å². The zero-order chi connectivity index (χ0) is 20.2. The Balaban J connectivity index is 0.00000256. The second kappa shape index (κ2) is 10.1. The van der Waals surface area contributed by atoms with Gasteiger partial charge in [-0.2, -0.15) is 0 Å². The number of carbonyl (C=O) groups is 1. The first kappa shape index (κ1) is 22.3. The molecule has 30 heavy (non-hydrogen) atoms. The van der Waals surface area contributed by atoms with Gasteiger partial charge in [-0.25, -0.2) is 4.98 Å². The third-order valence-electron chi connectivity index (χ3n) is 5.75. The van der Waals surface area contributed by atoms with Crippen molar-refractivity contribution in [2.24, 2.45) is 0 Å². The zero-order valence-electron chi connectivity index (χ0n) is 17.3. The summed E-state index contributed by atoms with van der Waals surface area (Å²) < 4.78 is 7.93. The summed E-state index contributed by atoms with van der Waals surface area (Å²) in [7, 11) is 0. The molecule has 1 fully saturated rings. The SMILES string of the molecule is CC(=O)c1ccc(OCC(O)Cn2c(C3CCCCC3)nc3ccccc32)cc1.Cl. The second-order valence-electron chi connectivity index (χ2n) is 7.95. The number of ether oxygens (including phenoxy) is 1. The molecule has 2 aromatic carbocycles. The molecule has 3 aromatic rings. The van der Waals surface area contributed by atoms with Crippen LogP contribution in [0.25, 0.3) is 11.0 Å². The van der Waals surface area contributed by atoms with E-state index >= 15 is 0 Å². The number of aromatic nitrogens is 2. The van der Waals surface area contributed by atoms with Crippen molar-refractivity contribution in [3.05, 3.63) is 59.9 Å². The van der Waals surface area contributed by atoms with Crippen molar-refractivity contribution < 1.29 is 14.6 Å². The van der Waals surface area contributed by atoms with Gasteiger partial charge in [0.1, 0.15) is 24.3 Å². The van der Waals surface area contributed by atoms with Crippen molar-refractivity contribution in [2.45, 2.75) is 57.6 Å². The number of nitrogens with zero attached hydrogens (tertiary/aromatic N) is 2. The number of ketones is 1. The summed E-state index contributed by atoms with van der Waals surface area (Å²) in [6.45, 7) is 2.19. The first-order chi connectivity index (χ1) is 14.1. The van der Waals surface area contributed by atoms with E-state index in [0.29, 0.717) is 23.8 Å². The van der Waals surface area contributed by atoms with Crippen LogP contribution in [0.4, 0.5) is 0 Å². The second-order valence-corrected chi connectivity index (χ2v) is 7.95. The number of hydrogen-bond donors (Lipinski definition) is 1. The van der Waals surface area contributed by atoms with Crippen LogP contribution in [0, 0.1) is 0 Å². The molecule has 1 aromatic heterocycles. The van der Waals surface area contributed by atoms with E-state index in [2.05, 4.69) is 10.6 Å². The molecule has 1 unspecified atom stereocenters. The molecule has 1 N–H and O–H groups in total. The number of halogens is 1. The molecule has 4 rings (SSSR count). The van der Waals surface area contributed by atoms with Gasteiger partial charge in [0.05, 0.1) is 17.6 Å². The smallest absolute Gasteiger partial charge is 0.159 e. The molecule has 6 heteroatoms. The highest BCUT2D eigenvalue weighted by molar-refractivity contribution is 5.94. The number of imidazole rings is 1. The van der Waals surface area contributed by atoms with Crippen LogP contribution in [-0.2, 0) is 6.54 Å². The number of para-hydroxylation sites is 2. The molecule has 160 valence electrons. The lowest BCUT2D eigenvalue weighted by atomic mass is 9.88. The zero-order valence-corrected chi connectivity index (χ0v) is 18.1. The average molecular weight is 429 g/mol. The fourth-order valence-corrected chi connectivity index (χ4v) is 4.20. The van der Waals surface area contributed by atoms with Crippen molar-refractivity contribution in [2.75, 3.05) is 6.61 Å². The fourth-order valence-electron chi connectivity index (χ4n) is 4.20. The van der Waals surface area contributed by atoms with Gasteiger partial charge in [-0.3, -0.25) is 4.79 Å². The molecular formula is C24H29ClN2O3. The predicted octanol–water partition coefficient (Wildman–Crippen LogP) is 5.15. The number of fused-ring (bicyclic) bond motifs is 1. The number of hydrogen-bond acceptors (Lipinski definition) is 4. The largest absolute Gasteiger partial charge is 0.491 e. The summed E-state index contributed by atoms with van der Waals surface area (Å²) in [6.07, 6.45) is 5.47. The molecule has 1 atom stereocenters. The fraction of sp³-hybridized carbons (Fsp3) is 0.417. The number of rotatable bonds is 7. The molecule has 0 amide bonds. The standard InChI is InChI=1S/C24H28N2O3.ClH/c1-17(27)18-11-13-21(14-12-18)29-16-20(28)15-26-23-10-6-5-9-22(23)25-24(26)19-7-3-2-4-8-19;/h5-6,9-14,19-20,28H,2-4,7-8,15-16H2,1H3;1H. The number of Topliss-reactive ketones (excluding diaryl/α,β-unsaturated/α-hetero) is 1. The normalized spacial score (nSPS) is 15.5. The van der Waals surface area contributed by atoms with Crippen LogP contribution in [0.5, 0.6) is 5.75 Å². The summed E-state index contributed by atoms with van der Waals surface area (Å²) in [5, 5.41) is 10.7. The molecule has 5 nitrogen and oxygen atoms in total. The van der Waals surface area contributed by atoms with Gasteiger partial charge in [0.25, 0.3) is 0 Å². The number of aliphatic hydroxyl groups excluding tert-OH is 1. The lowest BCUT2D eigenvalue weighted by molar-refractivity contribution is 0.0921. The van der Waals surface area contributed by atoms with E-state index in [1.807, 2.05) is 18.2 Å². The Morgan fingerprint density at radius 1 is 1.13 bits per heavy atom. The molecule has 0 aliphatic heterocycles. The van der Waals surface area contributed by atoms with Crippen LogP contribution in [0.1, 0.15) is 61.1 Å². The van der Waals surface area contributed by atoms with E-state index < -0.39 is 6.10 Å². The Hall–Kier alpha value is -2.37. The molecule has 0 spiro atoms. The molecule has 1 heterocycles. The average Bonchev–Trinajstić information content (AvgIpc) is 3.11. The Kier molecular flexibility index (Phi) is 7.51. The van der Waals surface area contributed by atoms with Crippen LogP contribution < -0.4 is 4.74 Å². The van der Waals surface area contributed by atoms with Crippen molar-refractivity contribution >= 4 is 29.2 Å². The van der Waals surface area contributed by atoms with Gasteiger partial charge in [0.15, 0.2) is 5.78 Å². The van der Waals surface area contributed by atoms with Crippen LogP contribution in [0.3, 0.4) is 0 Å². The van der Waals surface area contributed by atoms with Crippen molar-refractivity contribution in [3.63, 3.8) is 0 Å². The molecule has 1 aliphatic rings. The number of carbonyl (C=O) groups excluding carboxylic acids is 1. The van der Waals surface area contributed by atoms with Crippen LogP contribution in [-0.4, -0.2) is 33.2 Å². The van der Waals surface area contributed by atoms with Crippen molar-refractivity contribution in [1.82, 2.24) is 9.55 Å². The molecule has 0 radical (unpaired) electrons. The van der Waals surface area contributed by atoms with Gasteiger partial charge in [-0.15, -0.1) is 12.4 Å². The highest BCUT2D eigenvalue weighted by Crippen LogP contribution is 2.34. The Labute approximate surface area is 183 Å². The van der Waals surface area contributed by atoms with E-state index in [1.165, 1.54) is 32.1 Å². The van der Waals surface area contributed by atoms with Gasteiger partial charge < -0.3 is 14.4 Å². The summed E-state index contributed by atoms with van der Waals surface area (Å²) in [5.41, 5.74) is 2.71. The Morgan fingerprint density at radius 2 is 1.83 bits per heavy atom.